The summed E-state index contributed by atoms with van der Waals surface area (Å²) in [5, 5.41) is 15.3. The molecule has 121 heavy (non-hydrogen) atoms. The van der Waals surface area contributed by atoms with Crippen LogP contribution < -0.4 is 9.80 Å². The molecule has 3 heteroatoms. The molecule has 0 bridgehead atoms. The molecule has 0 spiro atoms. The summed E-state index contributed by atoms with van der Waals surface area (Å²) in [5.74, 6) is 0. The van der Waals surface area contributed by atoms with E-state index in [1.54, 1.807) is 0 Å². The monoisotopic (exact) mass is 1610 g/mol. The predicted molar refractivity (Wildman–Crippen MR) is 524 cm³/mol. The minimum atomic E-state index is -0.153. The Morgan fingerprint density at radius 2 is 0.504 bits per heavy atom. The maximum Gasteiger partial charge on any atom is 0.0465 e. The molecule has 0 unspecified atom stereocenters. The maximum atomic E-state index is 3.90. The van der Waals surface area contributed by atoms with Crippen molar-refractivity contribution in [1.82, 2.24) is 0 Å². The highest BCUT2D eigenvalue weighted by Gasteiger charge is 2.38. The molecule has 0 aromatic heterocycles. The Kier molecular flexibility index (Phi) is 19.8. The third-order valence-electron chi connectivity index (χ3n) is 25.0. The standard InChI is InChI=1S/C59H43N.C32H22.C27H22BrN/c1-59(2)55-38-41(32-36-48(55)49-37-35-46(39-56(49)59)60(44-18-5-3-6-19-44)45-20-7-4-8-21-45)29-28-40-30-33-43(34-31-40)57-51-23-11-13-25-53(51)58(54-26-14-12-24-52(54)57)50-27-15-17-42-16-9-10-22-47(42)50;1-2-22-18-20-24(21-19-22)31-27-13-5-7-15-29(27)32(30-16-8-6-14-28(30)31)26-17-9-11-23-10-3-4-12-25(23)26;1-27(2)25-17-19(28)13-15-23(25)24-16-14-22(18-26(24)27)29(20-9-5-3-6-10-20)21-11-7-4-8-12-21/h3-39H,1-2H3;2-21H,1H2;3-18H,1-2H3/b29-28+;;. The van der Waals surface area contributed by atoms with Gasteiger partial charge in [-0.25, -0.2) is 0 Å². The zero-order valence-electron chi connectivity index (χ0n) is 68.1. The third-order valence-corrected chi connectivity index (χ3v) is 25.5. The normalized spacial score (nSPS) is 12.6. The molecule has 0 N–H and O–H groups in total. The van der Waals surface area contributed by atoms with Gasteiger partial charge in [0.15, 0.2) is 0 Å². The summed E-state index contributed by atoms with van der Waals surface area (Å²) < 4.78 is 1.13. The molecule has 2 aliphatic rings. The van der Waals surface area contributed by atoms with Gasteiger partial charge >= 0.3 is 0 Å². The summed E-state index contributed by atoms with van der Waals surface area (Å²) in [7, 11) is 0. The number of rotatable bonds is 13. The summed E-state index contributed by atoms with van der Waals surface area (Å²) in [6.07, 6.45) is 6.40. The van der Waals surface area contributed by atoms with Crippen molar-refractivity contribution in [2.45, 2.75) is 38.5 Å². The van der Waals surface area contributed by atoms with Gasteiger partial charge in [-0.2, -0.15) is 0 Å². The first-order valence-corrected chi connectivity index (χ1v) is 42.6. The number of para-hydroxylation sites is 4. The minimum Gasteiger partial charge on any atom is -0.310 e. The van der Waals surface area contributed by atoms with Gasteiger partial charge in [-0.05, 0) is 255 Å². The maximum absolute atomic E-state index is 3.90. The molecular weight excluding hydrogens is 1530 g/mol. The van der Waals surface area contributed by atoms with Crippen LogP contribution in [0.15, 0.2) is 436 Å². The summed E-state index contributed by atoms with van der Waals surface area (Å²) in [6, 6.07) is 154. The molecule has 0 saturated carbocycles. The molecule has 22 rings (SSSR count). The summed E-state index contributed by atoms with van der Waals surface area (Å²) in [5.41, 5.74) is 31.2. The average Bonchev–Trinajstić information content (AvgIpc) is 1.73. The quantitative estimate of drug-likeness (QED) is 0.0838. The molecule has 0 fully saturated rings. The molecule has 0 saturated heterocycles. The number of fused-ring (bicyclic) bond motifs is 12. The molecule has 20 aromatic carbocycles. The highest BCUT2D eigenvalue weighted by atomic mass is 79.9. The Labute approximate surface area is 717 Å². The van der Waals surface area contributed by atoms with Crippen LogP contribution in [0.2, 0.25) is 0 Å². The van der Waals surface area contributed by atoms with Crippen LogP contribution in [0, 0.1) is 0 Å². The lowest BCUT2D eigenvalue weighted by atomic mass is 9.81. The molecule has 0 aliphatic heterocycles. The van der Waals surface area contributed by atoms with Gasteiger partial charge in [0.1, 0.15) is 0 Å². The lowest BCUT2D eigenvalue weighted by molar-refractivity contribution is 0.660. The zero-order valence-corrected chi connectivity index (χ0v) is 69.7. The Morgan fingerprint density at radius 3 is 0.876 bits per heavy atom. The molecule has 2 nitrogen and oxygen atoms in total. The van der Waals surface area contributed by atoms with Gasteiger partial charge in [0, 0.05) is 49.4 Å². The van der Waals surface area contributed by atoms with Gasteiger partial charge in [-0.3, -0.25) is 0 Å². The zero-order chi connectivity index (χ0) is 81.7. The Balaban J connectivity index is 0.000000128. The van der Waals surface area contributed by atoms with Crippen molar-refractivity contribution in [2.24, 2.45) is 0 Å². The molecule has 0 radical (unpaired) electrons. The Morgan fingerprint density at radius 1 is 0.223 bits per heavy atom. The van der Waals surface area contributed by atoms with Crippen LogP contribution in [-0.2, 0) is 10.8 Å². The van der Waals surface area contributed by atoms with Gasteiger partial charge in [-0.1, -0.05) is 408 Å². The molecule has 0 heterocycles. The van der Waals surface area contributed by atoms with Crippen molar-refractivity contribution < 1.29 is 0 Å². The number of hydrogen-bond donors (Lipinski definition) is 0. The van der Waals surface area contributed by atoms with E-state index in [0.717, 1.165) is 38.5 Å². The van der Waals surface area contributed by atoms with Crippen LogP contribution in [0.5, 0.6) is 0 Å². The first-order valence-electron chi connectivity index (χ1n) is 41.8. The lowest BCUT2D eigenvalue weighted by Gasteiger charge is -2.28. The first kappa shape index (κ1) is 75.3. The van der Waals surface area contributed by atoms with Crippen LogP contribution in [0.1, 0.15) is 66.6 Å². The van der Waals surface area contributed by atoms with E-state index in [1.165, 1.54) is 170 Å². The fraction of sp³-hybridized carbons (Fsp3) is 0.0508. The molecule has 0 amide bonds. The van der Waals surface area contributed by atoms with Gasteiger partial charge in [0.2, 0.25) is 0 Å². The van der Waals surface area contributed by atoms with Crippen LogP contribution in [0.4, 0.5) is 34.1 Å². The van der Waals surface area contributed by atoms with Crippen molar-refractivity contribution in [3.8, 4) is 66.8 Å². The molecule has 20 aromatic rings. The van der Waals surface area contributed by atoms with Crippen molar-refractivity contribution in [1.29, 1.82) is 0 Å². The van der Waals surface area contributed by atoms with Crippen molar-refractivity contribution in [3.05, 3.63) is 475 Å². The van der Waals surface area contributed by atoms with E-state index in [-0.39, 0.29) is 10.8 Å². The molecule has 2 aliphatic carbocycles. The number of benzene rings is 20. The van der Waals surface area contributed by atoms with E-state index in [1.807, 2.05) is 6.08 Å². The fourth-order valence-corrected chi connectivity index (χ4v) is 19.5. The van der Waals surface area contributed by atoms with E-state index < -0.39 is 0 Å². The summed E-state index contributed by atoms with van der Waals surface area (Å²) >= 11 is 3.65. The highest BCUT2D eigenvalue weighted by Crippen LogP contribution is 2.55. The van der Waals surface area contributed by atoms with E-state index in [9.17, 15) is 0 Å². The van der Waals surface area contributed by atoms with Crippen LogP contribution >= 0.6 is 15.9 Å². The van der Waals surface area contributed by atoms with Crippen molar-refractivity contribution in [3.63, 3.8) is 0 Å². The van der Waals surface area contributed by atoms with Crippen LogP contribution in [0.25, 0.3) is 150 Å². The number of halogens is 1. The second-order valence-corrected chi connectivity index (χ2v) is 33.7. The topological polar surface area (TPSA) is 6.48 Å². The van der Waals surface area contributed by atoms with E-state index in [4.69, 9.17) is 0 Å². The van der Waals surface area contributed by atoms with E-state index >= 15 is 0 Å². The van der Waals surface area contributed by atoms with Crippen LogP contribution in [0.3, 0.4) is 0 Å². The summed E-state index contributed by atoms with van der Waals surface area (Å²) in [6.45, 7) is 13.3. The van der Waals surface area contributed by atoms with Gasteiger partial charge < -0.3 is 9.80 Å². The van der Waals surface area contributed by atoms with Gasteiger partial charge in [-0.15, -0.1) is 0 Å². The largest absolute Gasteiger partial charge is 0.310 e. The lowest BCUT2D eigenvalue weighted by Crippen LogP contribution is -2.16. The summed E-state index contributed by atoms with van der Waals surface area (Å²) in [4.78, 5) is 4.68. The number of hydrogen-bond acceptors (Lipinski definition) is 2. The average molecular weight is 1610 g/mol. The van der Waals surface area contributed by atoms with Gasteiger partial charge in [0.05, 0.1) is 0 Å². The number of anilines is 6. The smallest absolute Gasteiger partial charge is 0.0465 e. The first-order chi connectivity index (χ1) is 59.4. The van der Waals surface area contributed by atoms with E-state index in [2.05, 4.69) is 497 Å². The fourth-order valence-electron chi connectivity index (χ4n) is 19.1. The molecule has 576 valence electrons. The highest BCUT2D eigenvalue weighted by molar-refractivity contribution is 9.10. The molecule has 0 atom stereocenters. The Bertz CT molecular complexity index is 7190. The van der Waals surface area contributed by atoms with Crippen molar-refractivity contribution in [2.75, 3.05) is 9.80 Å². The SMILES string of the molecule is C=Cc1ccc(-c2c3ccccc3c(-c3cccc4ccccc34)c3ccccc23)cc1.CC1(C)c2cc(/C=C/c3ccc(-c4c5ccccc5c(-c5cccc6ccccc56)c5ccccc45)cc3)ccc2-c2ccc(N(c3ccccc3)c3ccccc3)cc21.CC1(C)c2cc(Br)ccc2-c2ccc(N(c3ccccc3)c3ccccc3)cc21. The second-order valence-electron chi connectivity index (χ2n) is 32.7. The minimum absolute atomic E-state index is 0.0382. The Hall–Kier alpha value is -14.5. The number of nitrogens with zero attached hydrogens (tertiary/aromatic N) is 2. The van der Waals surface area contributed by atoms with Crippen molar-refractivity contribution >= 4 is 133 Å². The molecular formula is C118H87BrN2. The second kappa shape index (κ2) is 31.8. The van der Waals surface area contributed by atoms with E-state index in [0.29, 0.717) is 0 Å². The van der Waals surface area contributed by atoms with Gasteiger partial charge in [0.25, 0.3) is 0 Å². The van der Waals surface area contributed by atoms with Crippen LogP contribution in [-0.4, -0.2) is 0 Å². The predicted octanol–water partition coefficient (Wildman–Crippen LogP) is 33.8. The third kappa shape index (κ3) is 13.8.